The van der Waals surface area contributed by atoms with Gasteiger partial charge in [0.25, 0.3) is 0 Å². The van der Waals surface area contributed by atoms with Gasteiger partial charge in [-0.05, 0) is 50.6 Å². The molecule has 1 fully saturated rings. The molecular weight excluding hydrogens is 276 g/mol. The largest absolute Gasteiger partial charge is 0.492 e. The number of nitrogens with one attached hydrogen (secondary N) is 2. The summed E-state index contributed by atoms with van der Waals surface area (Å²) in [5, 5.41) is 6.62. The summed E-state index contributed by atoms with van der Waals surface area (Å²) >= 11 is 0. The summed E-state index contributed by atoms with van der Waals surface area (Å²) in [6.45, 7) is 8.03. The predicted octanol–water partition coefficient (Wildman–Crippen LogP) is 1.60. The normalized spacial score (nSPS) is 21.5. The molecule has 0 saturated carbocycles. The Morgan fingerprint density at radius 2 is 2.05 bits per heavy atom. The summed E-state index contributed by atoms with van der Waals surface area (Å²) in [5.74, 6) is 1.85. The van der Waals surface area contributed by atoms with Gasteiger partial charge in [-0.3, -0.25) is 9.89 Å². The molecule has 22 heavy (non-hydrogen) atoms. The van der Waals surface area contributed by atoms with Crippen LogP contribution in [0.5, 0.6) is 5.75 Å². The van der Waals surface area contributed by atoms with Crippen LogP contribution in [0.3, 0.4) is 0 Å². The lowest BCUT2D eigenvalue weighted by atomic mass is 10.2. The molecule has 1 aromatic rings. The van der Waals surface area contributed by atoms with Gasteiger partial charge >= 0.3 is 0 Å². The number of benzene rings is 1. The molecule has 0 amide bonds. The lowest BCUT2D eigenvalue weighted by Gasteiger charge is -2.15. The number of ether oxygens (including phenoxy) is 1. The molecule has 0 radical (unpaired) electrons. The lowest BCUT2D eigenvalue weighted by molar-refractivity contribution is 0.238. The molecule has 1 atom stereocenters. The van der Waals surface area contributed by atoms with E-state index in [1.165, 1.54) is 31.5 Å². The Hall–Kier alpha value is -1.75. The zero-order chi connectivity index (χ0) is 15.2. The number of aliphatic imine (C=N–C) groups is 1. The van der Waals surface area contributed by atoms with Crippen LogP contribution in [-0.2, 0) is 6.54 Å². The number of nitrogens with zero attached hydrogens (tertiary/aromatic N) is 2. The molecule has 2 heterocycles. The summed E-state index contributed by atoms with van der Waals surface area (Å²) in [6.07, 6.45) is 2.67. The van der Waals surface area contributed by atoms with E-state index in [2.05, 4.69) is 39.6 Å². The average molecular weight is 302 g/mol. The first kappa shape index (κ1) is 15.2. The number of hydrogen-bond donors (Lipinski definition) is 2. The highest BCUT2D eigenvalue weighted by Crippen LogP contribution is 2.13. The first-order valence-electron chi connectivity index (χ1n) is 8.28. The smallest absolute Gasteiger partial charge is 0.191 e. The first-order valence-corrected chi connectivity index (χ1v) is 8.28. The molecule has 0 spiro atoms. The van der Waals surface area contributed by atoms with Gasteiger partial charge in [0.15, 0.2) is 5.96 Å². The fourth-order valence-electron chi connectivity index (χ4n) is 2.85. The van der Waals surface area contributed by atoms with Crippen molar-refractivity contribution in [1.29, 1.82) is 0 Å². The summed E-state index contributed by atoms with van der Waals surface area (Å²) in [5.41, 5.74) is 1.23. The molecule has 2 N–H and O–H groups in total. The van der Waals surface area contributed by atoms with Crippen molar-refractivity contribution in [3.8, 4) is 5.75 Å². The van der Waals surface area contributed by atoms with E-state index in [0.29, 0.717) is 6.04 Å². The monoisotopic (exact) mass is 302 g/mol. The highest BCUT2D eigenvalue weighted by Gasteiger charge is 2.12. The number of hydrogen-bond acceptors (Lipinski definition) is 5. The Bertz CT molecular complexity index is 494. The van der Waals surface area contributed by atoms with Crippen LogP contribution in [0, 0.1) is 0 Å². The van der Waals surface area contributed by atoms with Crippen molar-refractivity contribution in [2.45, 2.75) is 32.4 Å². The molecule has 1 saturated heterocycles. The summed E-state index contributed by atoms with van der Waals surface area (Å²) in [7, 11) is 0. The molecule has 1 aromatic carbocycles. The van der Waals surface area contributed by atoms with Crippen LogP contribution in [0.2, 0.25) is 0 Å². The summed E-state index contributed by atoms with van der Waals surface area (Å²) < 4.78 is 5.82. The molecule has 5 heteroatoms. The van der Waals surface area contributed by atoms with Gasteiger partial charge in [0.2, 0.25) is 0 Å². The van der Waals surface area contributed by atoms with E-state index in [0.717, 1.165) is 38.0 Å². The van der Waals surface area contributed by atoms with Crippen LogP contribution in [-0.4, -0.2) is 49.7 Å². The second kappa shape index (κ2) is 7.49. The van der Waals surface area contributed by atoms with Crippen molar-refractivity contribution < 1.29 is 4.74 Å². The van der Waals surface area contributed by atoms with Crippen LogP contribution in [0.1, 0.15) is 25.3 Å². The van der Waals surface area contributed by atoms with E-state index >= 15 is 0 Å². The first-order chi connectivity index (χ1) is 10.8. The molecular formula is C17H26N4O. The standard InChI is InChI=1S/C17H26N4O/c1-14-12-18-17(20-14)19-13-15-4-6-16(7-5-15)22-11-10-21-8-2-3-9-21/h4-7,14H,2-3,8-13H2,1H3,(H2,18,19,20). The zero-order valence-corrected chi connectivity index (χ0v) is 13.3. The third-order valence-electron chi connectivity index (χ3n) is 4.16. The van der Waals surface area contributed by atoms with Crippen molar-refractivity contribution in [2.75, 3.05) is 32.8 Å². The number of rotatable bonds is 6. The number of likely N-dealkylation sites (tertiary alicyclic amines) is 1. The molecule has 1 unspecified atom stereocenters. The van der Waals surface area contributed by atoms with E-state index in [1.54, 1.807) is 0 Å². The van der Waals surface area contributed by atoms with Gasteiger partial charge in [0, 0.05) is 19.1 Å². The third-order valence-corrected chi connectivity index (χ3v) is 4.16. The molecule has 5 nitrogen and oxygen atoms in total. The SMILES string of the molecule is CC1CN=C(NCc2ccc(OCCN3CCCC3)cc2)N1. The van der Waals surface area contributed by atoms with Crippen LogP contribution in [0.15, 0.2) is 29.3 Å². The van der Waals surface area contributed by atoms with Crippen LogP contribution in [0.25, 0.3) is 0 Å². The zero-order valence-electron chi connectivity index (χ0n) is 13.3. The minimum atomic E-state index is 0.439. The van der Waals surface area contributed by atoms with E-state index < -0.39 is 0 Å². The average Bonchev–Trinajstić information content (AvgIpc) is 3.18. The third kappa shape index (κ3) is 4.37. The van der Waals surface area contributed by atoms with Crippen LogP contribution in [0.4, 0.5) is 0 Å². The van der Waals surface area contributed by atoms with Crippen LogP contribution >= 0.6 is 0 Å². The van der Waals surface area contributed by atoms with Gasteiger partial charge in [-0.1, -0.05) is 12.1 Å². The number of guanidine groups is 1. The maximum absolute atomic E-state index is 5.82. The molecule has 2 aliphatic heterocycles. The van der Waals surface area contributed by atoms with E-state index in [4.69, 9.17) is 4.74 Å². The quantitative estimate of drug-likeness (QED) is 0.838. The van der Waals surface area contributed by atoms with Gasteiger partial charge in [0.05, 0.1) is 6.54 Å². The van der Waals surface area contributed by atoms with E-state index in [9.17, 15) is 0 Å². The predicted molar refractivity (Wildman–Crippen MR) is 89.4 cm³/mol. The molecule has 3 rings (SSSR count). The molecule has 0 aliphatic carbocycles. The maximum atomic E-state index is 5.82. The highest BCUT2D eigenvalue weighted by atomic mass is 16.5. The minimum Gasteiger partial charge on any atom is -0.492 e. The van der Waals surface area contributed by atoms with Crippen molar-refractivity contribution in [2.24, 2.45) is 4.99 Å². The van der Waals surface area contributed by atoms with E-state index in [1.807, 2.05) is 12.1 Å². The fraction of sp³-hybridized carbons (Fsp3) is 0.588. The molecule has 0 aromatic heterocycles. The van der Waals surface area contributed by atoms with Crippen molar-refractivity contribution >= 4 is 5.96 Å². The van der Waals surface area contributed by atoms with Gasteiger partial charge in [-0.25, -0.2) is 0 Å². The fourth-order valence-corrected chi connectivity index (χ4v) is 2.85. The maximum Gasteiger partial charge on any atom is 0.191 e. The van der Waals surface area contributed by atoms with Crippen molar-refractivity contribution in [3.05, 3.63) is 29.8 Å². The van der Waals surface area contributed by atoms with Gasteiger partial charge in [-0.2, -0.15) is 0 Å². The Balaban J connectivity index is 1.38. The van der Waals surface area contributed by atoms with Crippen molar-refractivity contribution in [3.63, 3.8) is 0 Å². The second-order valence-electron chi connectivity index (χ2n) is 6.13. The summed E-state index contributed by atoms with van der Waals surface area (Å²) in [4.78, 5) is 6.86. The topological polar surface area (TPSA) is 48.9 Å². The van der Waals surface area contributed by atoms with Crippen LogP contribution < -0.4 is 15.4 Å². The van der Waals surface area contributed by atoms with Gasteiger partial charge < -0.3 is 15.4 Å². The Kier molecular flexibility index (Phi) is 5.16. The van der Waals surface area contributed by atoms with Crippen molar-refractivity contribution in [1.82, 2.24) is 15.5 Å². The highest BCUT2D eigenvalue weighted by molar-refractivity contribution is 5.81. The molecule has 120 valence electrons. The molecule has 2 aliphatic rings. The van der Waals surface area contributed by atoms with Gasteiger partial charge in [-0.15, -0.1) is 0 Å². The minimum absolute atomic E-state index is 0.439. The Labute approximate surface area is 132 Å². The summed E-state index contributed by atoms with van der Waals surface area (Å²) in [6, 6.07) is 8.75. The van der Waals surface area contributed by atoms with E-state index in [-0.39, 0.29) is 0 Å². The Morgan fingerprint density at radius 1 is 1.27 bits per heavy atom. The Morgan fingerprint density at radius 3 is 2.73 bits per heavy atom. The second-order valence-corrected chi connectivity index (χ2v) is 6.13. The molecule has 0 bridgehead atoms. The van der Waals surface area contributed by atoms with Gasteiger partial charge in [0.1, 0.15) is 12.4 Å². The lowest BCUT2D eigenvalue weighted by Crippen LogP contribution is -2.37.